The molecule has 116 valence electrons. The lowest BCUT2D eigenvalue weighted by atomic mass is 10.1. The summed E-state index contributed by atoms with van der Waals surface area (Å²) in [6.07, 6.45) is 3.16. The summed E-state index contributed by atoms with van der Waals surface area (Å²) < 4.78 is 28.8. The zero-order chi connectivity index (χ0) is 15.0. The number of hydrogen-bond donors (Lipinski definition) is 2. The maximum atomic E-state index is 12.3. The molecule has 1 saturated heterocycles. The van der Waals surface area contributed by atoms with Crippen LogP contribution < -0.4 is 5.32 Å². The van der Waals surface area contributed by atoms with Gasteiger partial charge >= 0.3 is 0 Å². The lowest BCUT2D eigenvalue weighted by Crippen LogP contribution is -2.39. The van der Waals surface area contributed by atoms with Crippen LogP contribution in [0.5, 0.6) is 0 Å². The van der Waals surface area contributed by atoms with Crippen molar-refractivity contribution in [1.82, 2.24) is 15.5 Å². The van der Waals surface area contributed by atoms with Gasteiger partial charge in [0.15, 0.2) is 5.69 Å². The number of amides is 1. The Morgan fingerprint density at radius 1 is 1.29 bits per heavy atom. The van der Waals surface area contributed by atoms with Crippen LogP contribution in [-0.4, -0.2) is 43.8 Å². The van der Waals surface area contributed by atoms with Crippen molar-refractivity contribution in [2.24, 2.45) is 0 Å². The zero-order valence-electron chi connectivity index (χ0n) is 11.3. The van der Waals surface area contributed by atoms with Crippen molar-refractivity contribution in [3.05, 3.63) is 11.4 Å². The predicted octanol–water partition coefficient (Wildman–Crippen LogP) is 1.12. The van der Waals surface area contributed by atoms with Crippen molar-refractivity contribution in [1.29, 1.82) is 0 Å². The van der Waals surface area contributed by atoms with Crippen LogP contribution in [0.15, 0.2) is 4.90 Å². The summed E-state index contributed by atoms with van der Waals surface area (Å²) in [7, 11) is 1.46. The molecule has 1 aliphatic carbocycles. The molecule has 1 aromatic heterocycles. The standard InChI is InChI=1S/C12H16ClN3O4S/c13-21(18,19)11-9(7-1-2-7)15-16-10(11)12(17)14-8-3-5-20-6-4-8/h7-8H,1-6H2,(H,14,17)(H,15,16). The van der Waals surface area contributed by atoms with E-state index in [4.69, 9.17) is 15.4 Å². The van der Waals surface area contributed by atoms with Crippen LogP contribution in [0.25, 0.3) is 0 Å². The van der Waals surface area contributed by atoms with E-state index in [-0.39, 0.29) is 22.5 Å². The van der Waals surface area contributed by atoms with E-state index in [9.17, 15) is 13.2 Å². The van der Waals surface area contributed by atoms with E-state index < -0.39 is 15.0 Å². The Balaban J connectivity index is 1.85. The number of carbonyl (C=O) groups is 1. The summed E-state index contributed by atoms with van der Waals surface area (Å²) in [4.78, 5) is 12.1. The number of nitrogens with one attached hydrogen (secondary N) is 2. The van der Waals surface area contributed by atoms with Crippen molar-refractivity contribution >= 4 is 25.6 Å². The van der Waals surface area contributed by atoms with E-state index in [2.05, 4.69) is 15.5 Å². The van der Waals surface area contributed by atoms with Gasteiger partial charge in [-0.15, -0.1) is 0 Å². The molecule has 2 N–H and O–H groups in total. The normalized spacial score (nSPS) is 20.4. The van der Waals surface area contributed by atoms with E-state index in [1.807, 2.05) is 0 Å². The Labute approximate surface area is 126 Å². The number of aromatic nitrogens is 2. The number of ether oxygens (including phenoxy) is 1. The third-order valence-electron chi connectivity index (χ3n) is 3.75. The highest BCUT2D eigenvalue weighted by Gasteiger charge is 2.36. The molecule has 7 nitrogen and oxygen atoms in total. The smallest absolute Gasteiger partial charge is 0.273 e. The molecule has 3 rings (SSSR count). The molecule has 0 unspecified atom stereocenters. The maximum Gasteiger partial charge on any atom is 0.273 e. The van der Waals surface area contributed by atoms with Crippen molar-refractivity contribution in [3.63, 3.8) is 0 Å². The van der Waals surface area contributed by atoms with Gasteiger partial charge in [-0.2, -0.15) is 5.10 Å². The van der Waals surface area contributed by atoms with Gasteiger partial charge < -0.3 is 10.1 Å². The minimum Gasteiger partial charge on any atom is -0.381 e. The maximum absolute atomic E-state index is 12.3. The average Bonchev–Trinajstić information content (AvgIpc) is 3.16. The van der Waals surface area contributed by atoms with Gasteiger partial charge in [-0.3, -0.25) is 9.89 Å². The van der Waals surface area contributed by atoms with Gasteiger partial charge in [0.1, 0.15) is 4.90 Å². The lowest BCUT2D eigenvalue weighted by Gasteiger charge is -2.22. The Morgan fingerprint density at radius 3 is 2.52 bits per heavy atom. The molecule has 2 fully saturated rings. The number of hydrogen-bond acceptors (Lipinski definition) is 5. The van der Waals surface area contributed by atoms with Crippen LogP contribution in [0.1, 0.15) is 47.8 Å². The summed E-state index contributed by atoms with van der Waals surface area (Å²) in [5.41, 5.74) is 0.306. The summed E-state index contributed by atoms with van der Waals surface area (Å²) >= 11 is 0. The average molecular weight is 334 g/mol. The molecule has 2 heterocycles. The van der Waals surface area contributed by atoms with Gasteiger partial charge in [0.05, 0.1) is 5.69 Å². The van der Waals surface area contributed by atoms with E-state index in [0.29, 0.717) is 31.7 Å². The van der Waals surface area contributed by atoms with Gasteiger partial charge in [-0.1, -0.05) is 0 Å². The van der Waals surface area contributed by atoms with Crippen LogP contribution in [0.4, 0.5) is 0 Å². The van der Waals surface area contributed by atoms with Crippen molar-refractivity contribution in [3.8, 4) is 0 Å². The summed E-state index contributed by atoms with van der Waals surface area (Å²) in [6, 6.07) is -0.0294. The largest absolute Gasteiger partial charge is 0.381 e. The molecule has 0 spiro atoms. The van der Waals surface area contributed by atoms with E-state index >= 15 is 0 Å². The molecule has 0 bridgehead atoms. The van der Waals surface area contributed by atoms with Crippen molar-refractivity contribution in [2.75, 3.05) is 13.2 Å². The molecule has 0 radical (unpaired) electrons. The molecule has 9 heteroatoms. The second-order valence-corrected chi connectivity index (χ2v) is 7.89. The number of rotatable bonds is 4. The third kappa shape index (κ3) is 3.22. The van der Waals surface area contributed by atoms with Crippen LogP contribution >= 0.6 is 10.7 Å². The monoisotopic (exact) mass is 333 g/mol. The molecule has 0 atom stereocenters. The topological polar surface area (TPSA) is 101 Å². The zero-order valence-corrected chi connectivity index (χ0v) is 12.8. The molecule has 21 heavy (non-hydrogen) atoms. The van der Waals surface area contributed by atoms with Crippen LogP contribution in [0, 0.1) is 0 Å². The summed E-state index contributed by atoms with van der Waals surface area (Å²) in [6.45, 7) is 1.17. The second-order valence-electron chi connectivity index (χ2n) is 5.39. The second kappa shape index (κ2) is 5.58. The van der Waals surface area contributed by atoms with Gasteiger partial charge in [0.25, 0.3) is 15.0 Å². The first-order valence-corrected chi connectivity index (χ1v) is 9.19. The number of carbonyl (C=O) groups excluding carboxylic acids is 1. The van der Waals surface area contributed by atoms with Gasteiger partial charge in [-0.25, -0.2) is 8.42 Å². The molecular formula is C12H16ClN3O4S. The molecule has 1 saturated carbocycles. The van der Waals surface area contributed by atoms with Gasteiger partial charge in [0.2, 0.25) is 0 Å². The Hall–Kier alpha value is -1.12. The highest BCUT2D eigenvalue weighted by atomic mass is 35.7. The van der Waals surface area contributed by atoms with Crippen LogP contribution in [0.2, 0.25) is 0 Å². The Morgan fingerprint density at radius 2 is 1.95 bits per heavy atom. The van der Waals surface area contributed by atoms with Crippen LogP contribution in [0.3, 0.4) is 0 Å². The van der Waals surface area contributed by atoms with Gasteiger partial charge in [0, 0.05) is 35.9 Å². The highest BCUT2D eigenvalue weighted by molar-refractivity contribution is 8.13. The first-order valence-electron chi connectivity index (χ1n) is 6.88. The minimum atomic E-state index is -4.02. The lowest BCUT2D eigenvalue weighted by molar-refractivity contribution is 0.0692. The third-order valence-corrected chi connectivity index (χ3v) is 5.11. The fourth-order valence-corrected chi connectivity index (χ4v) is 3.80. The van der Waals surface area contributed by atoms with Crippen LogP contribution in [-0.2, 0) is 13.8 Å². The number of nitrogens with zero attached hydrogens (tertiary/aromatic N) is 1. The first-order chi connectivity index (χ1) is 9.97. The first kappa shape index (κ1) is 14.8. The molecule has 0 aromatic carbocycles. The molecule has 2 aliphatic rings. The van der Waals surface area contributed by atoms with E-state index in [1.54, 1.807) is 0 Å². The summed E-state index contributed by atoms with van der Waals surface area (Å²) in [5.74, 6) is -0.407. The molecular weight excluding hydrogens is 318 g/mol. The summed E-state index contributed by atoms with van der Waals surface area (Å²) in [5, 5.41) is 9.34. The molecule has 1 aromatic rings. The predicted molar refractivity (Wildman–Crippen MR) is 74.9 cm³/mol. The van der Waals surface area contributed by atoms with Crippen molar-refractivity contribution in [2.45, 2.75) is 42.5 Å². The highest BCUT2D eigenvalue weighted by Crippen LogP contribution is 2.43. The fourth-order valence-electron chi connectivity index (χ4n) is 2.49. The number of halogens is 1. The fraction of sp³-hybridized carbons (Fsp3) is 0.667. The quantitative estimate of drug-likeness (QED) is 0.804. The van der Waals surface area contributed by atoms with Gasteiger partial charge in [-0.05, 0) is 25.7 Å². The Bertz CT molecular complexity index is 647. The van der Waals surface area contributed by atoms with E-state index in [0.717, 1.165) is 12.8 Å². The van der Waals surface area contributed by atoms with E-state index in [1.165, 1.54) is 0 Å². The van der Waals surface area contributed by atoms with Crippen molar-refractivity contribution < 1.29 is 17.9 Å². The molecule has 1 aliphatic heterocycles. The SMILES string of the molecule is O=C(NC1CCOCC1)c1n[nH]c(C2CC2)c1S(=O)(=O)Cl. The number of H-pyrrole nitrogens is 1. The minimum absolute atomic E-state index is 0.0294. The Kier molecular flexibility index (Phi) is 3.94. The molecule has 1 amide bonds. The number of aromatic amines is 1.